The maximum atomic E-state index is 4.60. The molecule has 1 aromatic rings. The largest absolute Gasteiger partial charge is 0.370 e. The Balaban J connectivity index is 2.04. The number of rotatable bonds is 4. The van der Waals surface area contributed by atoms with Crippen molar-refractivity contribution in [3.63, 3.8) is 0 Å². The Labute approximate surface area is 97.7 Å². The van der Waals surface area contributed by atoms with E-state index >= 15 is 0 Å². The third kappa shape index (κ3) is 2.71. The molecule has 16 heavy (non-hydrogen) atoms. The van der Waals surface area contributed by atoms with Crippen LogP contribution < -0.4 is 5.32 Å². The summed E-state index contributed by atoms with van der Waals surface area (Å²) in [5.41, 5.74) is 0. The van der Waals surface area contributed by atoms with Gasteiger partial charge in [0.25, 0.3) is 0 Å². The summed E-state index contributed by atoms with van der Waals surface area (Å²) < 4.78 is 0. The van der Waals surface area contributed by atoms with Crippen molar-refractivity contribution in [3.05, 3.63) is 18.1 Å². The lowest BCUT2D eigenvalue weighted by Gasteiger charge is -2.10. The molecule has 0 spiro atoms. The number of nitrogens with zero attached hydrogens (tertiary/aromatic N) is 2. The lowest BCUT2D eigenvalue weighted by molar-refractivity contribution is 0.585. The van der Waals surface area contributed by atoms with Crippen LogP contribution in [0.5, 0.6) is 0 Å². The van der Waals surface area contributed by atoms with Crippen molar-refractivity contribution >= 4 is 5.82 Å². The molecule has 1 aliphatic rings. The zero-order valence-electron chi connectivity index (χ0n) is 10.2. The fraction of sp³-hybridized carbons (Fsp3) is 0.692. The van der Waals surface area contributed by atoms with Gasteiger partial charge in [0.1, 0.15) is 11.6 Å². The van der Waals surface area contributed by atoms with Gasteiger partial charge in [-0.1, -0.05) is 13.8 Å². The first kappa shape index (κ1) is 11.4. The maximum absolute atomic E-state index is 4.60. The lowest BCUT2D eigenvalue weighted by atomic mass is 10.1. The monoisotopic (exact) mass is 219 g/mol. The molecular formula is C13H21N3. The summed E-state index contributed by atoms with van der Waals surface area (Å²) in [6.07, 6.45) is 6.82. The summed E-state index contributed by atoms with van der Waals surface area (Å²) in [5, 5.41) is 3.32. The van der Waals surface area contributed by atoms with Gasteiger partial charge in [-0.05, 0) is 37.7 Å². The quantitative estimate of drug-likeness (QED) is 0.845. The minimum absolute atomic E-state index is 0.582. The topological polar surface area (TPSA) is 37.8 Å². The minimum atomic E-state index is 0.582. The Morgan fingerprint density at radius 3 is 3.00 bits per heavy atom. The van der Waals surface area contributed by atoms with Crippen molar-refractivity contribution in [3.8, 4) is 0 Å². The second-order valence-electron chi connectivity index (χ2n) is 4.84. The highest BCUT2D eigenvalue weighted by Gasteiger charge is 2.24. The minimum Gasteiger partial charge on any atom is -0.370 e. The molecule has 0 amide bonds. The van der Waals surface area contributed by atoms with Crippen LogP contribution in [0, 0.1) is 5.92 Å². The van der Waals surface area contributed by atoms with Gasteiger partial charge < -0.3 is 5.32 Å². The molecule has 3 heteroatoms. The molecule has 0 radical (unpaired) electrons. The number of nitrogens with one attached hydrogen (secondary N) is 1. The Hall–Kier alpha value is -1.12. The predicted molar refractivity (Wildman–Crippen MR) is 66.6 cm³/mol. The molecule has 1 N–H and O–H groups in total. The first-order valence-electron chi connectivity index (χ1n) is 6.36. The zero-order chi connectivity index (χ0) is 11.4. The van der Waals surface area contributed by atoms with Crippen LogP contribution in [-0.4, -0.2) is 16.5 Å². The van der Waals surface area contributed by atoms with Gasteiger partial charge in [-0.3, -0.25) is 0 Å². The van der Waals surface area contributed by atoms with Gasteiger partial charge in [-0.25, -0.2) is 9.97 Å². The molecule has 2 rings (SSSR count). The molecule has 2 atom stereocenters. The number of hydrogen-bond acceptors (Lipinski definition) is 3. The second-order valence-corrected chi connectivity index (χ2v) is 4.84. The smallest absolute Gasteiger partial charge is 0.133 e. The molecule has 3 nitrogen and oxygen atoms in total. The van der Waals surface area contributed by atoms with E-state index in [2.05, 4.69) is 29.1 Å². The third-order valence-corrected chi connectivity index (χ3v) is 3.29. The summed E-state index contributed by atoms with van der Waals surface area (Å²) in [4.78, 5) is 9.02. The van der Waals surface area contributed by atoms with Crippen LogP contribution in [0.1, 0.15) is 51.3 Å². The van der Waals surface area contributed by atoms with E-state index in [0.29, 0.717) is 5.92 Å². The van der Waals surface area contributed by atoms with E-state index in [-0.39, 0.29) is 0 Å². The van der Waals surface area contributed by atoms with Crippen LogP contribution in [-0.2, 0) is 0 Å². The predicted octanol–water partition coefficient (Wildman–Crippen LogP) is 3.20. The van der Waals surface area contributed by atoms with E-state index in [4.69, 9.17) is 0 Å². The van der Waals surface area contributed by atoms with E-state index in [1.807, 2.05) is 12.3 Å². The van der Waals surface area contributed by atoms with Crippen molar-refractivity contribution in [1.82, 2.24) is 9.97 Å². The van der Waals surface area contributed by atoms with E-state index in [1.165, 1.54) is 19.3 Å². The SMILES string of the molecule is CCCNc1ccnc(C2CCC(C)C2)n1. The number of hydrogen-bond donors (Lipinski definition) is 1. The van der Waals surface area contributed by atoms with Crippen molar-refractivity contribution in [2.45, 2.75) is 45.4 Å². The molecular weight excluding hydrogens is 198 g/mol. The third-order valence-electron chi connectivity index (χ3n) is 3.29. The van der Waals surface area contributed by atoms with Crippen LogP contribution in [0.2, 0.25) is 0 Å². The van der Waals surface area contributed by atoms with Crippen molar-refractivity contribution in [2.24, 2.45) is 5.92 Å². The standard InChI is InChI=1S/C13H21N3/c1-3-7-14-12-6-8-15-13(16-12)11-5-4-10(2)9-11/h6,8,10-11H,3-5,7,9H2,1-2H3,(H,14,15,16). The van der Waals surface area contributed by atoms with Crippen LogP contribution >= 0.6 is 0 Å². The second kappa shape index (κ2) is 5.28. The van der Waals surface area contributed by atoms with Crippen LogP contribution in [0.3, 0.4) is 0 Å². The van der Waals surface area contributed by atoms with Gasteiger partial charge in [0.2, 0.25) is 0 Å². The zero-order valence-corrected chi connectivity index (χ0v) is 10.2. The van der Waals surface area contributed by atoms with E-state index in [0.717, 1.165) is 30.5 Å². The van der Waals surface area contributed by atoms with Gasteiger partial charge >= 0.3 is 0 Å². The summed E-state index contributed by atoms with van der Waals surface area (Å²) >= 11 is 0. The average Bonchev–Trinajstić information content (AvgIpc) is 2.74. The highest BCUT2D eigenvalue weighted by molar-refractivity contribution is 5.33. The summed E-state index contributed by atoms with van der Waals surface area (Å²) in [6, 6.07) is 1.96. The first-order valence-corrected chi connectivity index (χ1v) is 6.36. The van der Waals surface area contributed by atoms with Gasteiger partial charge in [-0.2, -0.15) is 0 Å². The Morgan fingerprint density at radius 2 is 2.31 bits per heavy atom. The van der Waals surface area contributed by atoms with Crippen molar-refractivity contribution < 1.29 is 0 Å². The summed E-state index contributed by atoms with van der Waals surface area (Å²) in [7, 11) is 0. The van der Waals surface area contributed by atoms with Gasteiger partial charge in [-0.15, -0.1) is 0 Å². The van der Waals surface area contributed by atoms with Crippen molar-refractivity contribution in [1.29, 1.82) is 0 Å². The fourth-order valence-electron chi connectivity index (χ4n) is 2.36. The Morgan fingerprint density at radius 1 is 1.44 bits per heavy atom. The van der Waals surface area contributed by atoms with Crippen LogP contribution in [0.4, 0.5) is 5.82 Å². The molecule has 1 fully saturated rings. The molecule has 0 bridgehead atoms. The molecule has 2 unspecified atom stereocenters. The van der Waals surface area contributed by atoms with Gasteiger partial charge in [0.15, 0.2) is 0 Å². The first-order chi connectivity index (χ1) is 7.79. The maximum Gasteiger partial charge on any atom is 0.133 e. The molecule has 1 aromatic heterocycles. The summed E-state index contributed by atoms with van der Waals surface area (Å²) in [6.45, 7) is 5.46. The van der Waals surface area contributed by atoms with Crippen LogP contribution in [0.25, 0.3) is 0 Å². The average molecular weight is 219 g/mol. The van der Waals surface area contributed by atoms with E-state index in [1.54, 1.807) is 0 Å². The normalized spacial score (nSPS) is 24.6. The van der Waals surface area contributed by atoms with Crippen LogP contribution in [0.15, 0.2) is 12.3 Å². The highest BCUT2D eigenvalue weighted by atomic mass is 15.0. The highest BCUT2D eigenvalue weighted by Crippen LogP contribution is 2.36. The molecule has 0 saturated heterocycles. The number of anilines is 1. The molecule has 1 aliphatic carbocycles. The molecule has 1 saturated carbocycles. The molecule has 88 valence electrons. The summed E-state index contributed by atoms with van der Waals surface area (Å²) in [5.74, 6) is 3.43. The Bertz CT molecular complexity index is 338. The van der Waals surface area contributed by atoms with E-state index < -0.39 is 0 Å². The lowest BCUT2D eigenvalue weighted by Crippen LogP contribution is -2.06. The Kier molecular flexibility index (Phi) is 3.75. The van der Waals surface area contributed by atoms with Gasteiger partial charge in [0.05, 0.1) is 0 Å². The fourth-order valence-corrected chi connectivity index (χ4v) is 2.36. The molecule has 1 heterocycles. The van der Waals surface area contributed by atoms with Crippen molar-refractivity contribution in [2.75, 3.05) is 11.9 Å². The molecule has 0 aromatic carbocycles. The van der Waals surface area contributed by atoms with Gasteiger partial charge in [0, 0.05) is 18.7 Å². The molecule has 0 aliphatic heterocycles. The number of aromatic nitrogens is 2. The van der Waals surface area contributed by atoms with E-state index in [9.17, 15) is 0 Å².